The van der Waals surface area contributed by atoms with Gasteiger partial charge in [0.05, 0.1) is 17.3 Å². The summed E-state index contributed by atoms with van der Waals surface area (Å²) in [6.07, 6.45) is 7.30. The van der Waals surface area contributed by atoms with Crippen molar-refractivity contribution < 1.29 is 9.25 Å². The zero-order valence-corrected chi connectivity index (χ0v) is 22.4. The van der Waals surface area contributed by atoms with Crippen LogP contribution in [0.5, 0.6) is 0 Å². The fraction of sp³-hybridized carbons (Fsp3) is 0.517. The first-order valence-corrected chi connectivity index (χ1v) is 14.1. The Kier molecular flexibility index (Phi) is 5.94. The fourth-order valence-corrected chi connectivity index (χ4v) is 7.07. The molecule has 1 aromatic carbocycles. The first-order valence-electron chi connectivity index (χ1n) is 14.1. The SMILES string of the molecule is CN1CCC[C@H]1COn1cc(N2CC3CCC(C2)N3)c2c(c1=O)CN(c1cccc3oc(N)c(C#N)c13)CC2. The average molecular weight is 530 g/mol. The maximum Gasteiger partial charge on any atom is 0.288 e. The molecule has 3 fully saturated rings. The number of likely N-dealkylation sites (tertiary alicyclic amines) is 1. The Labute approximate surface area is 227 Å². The number of anilines is 3. The summed E-state index contributed by atoms with van der Waals surface area (Å²) in [6, 6.07) is 9.20. The molecule has 0 saturated carbocycles. The van der Waals surface area contributed by atoms with Crippen molar-refractivity contribution >= 4 is 28.2 Å². The number of likely N-dealkylation sites (N-methyl/N-ethyl adjacent to an activating group) is 1. The number of rotatable bonds is 5. The van der Waals surface area contributed by atoms with Crippen LogP contribution in [0.2, 0.25) is 0 Å². The summed E-state index contributed by atoms with van der Waals surface area (Å²) in [5, 5.41) is 14.2. The molecule has 39 heavy (non-hydrogen) atoms. The van der Waals surface area contributed by atoms with E-state index in [2.05, 4.69) is 33.1 Å². The van der Waals surface area contributed by atoms with Gasteiger partial charge in [-0.15, -0.1) is 0 Å². The summed E-state index contributed by atoms with van der Waals surface area (Å²) in [5.74, 6) is 0.126. The summed E-state index contributed by atoms with van der Waals surface area (Å²) in [4.78, 5) is 27.1. The minimum absolute atomic E-state index is 0.100. The number of nitriles is 1. The maximum atomic E-state index is 13.9. The molecular formula is C29H35N7O3. The number of aromatic nitrogens is 1. The van der Waals surface area contributed by atoms with E-state index in [1.165, 1.54) is 17.6 Å². The van der Waals surface area contributed by atoms with Crippen molar-refractivity contribution in [2.45, 2.75) is 56.8 Å². The van der Waals surface area contributed by atoms with Crippen molar-refractivity contribution in [1.29, 1.82) is 5.26 Å². The molecule has 0 amide bonds. The Balaban J connectivity index is 1.28. The molecule has 0 aliphatic carbocycles. The number of benzene rings is 1. The van der Waals surface area contributed by atoms with Gasteiger partial charge in [0.15, 0.2) is 0 Å². The molecule has 204 valence electrons. The third kappa shape index (κ3) is 4.12. The van der Waals surface area contributed by atoms with Crippen molar-refractivity contribution in [3.05, 3.63) is 51.4 Å². The maximum absolute atomic E-state index is 13.9. The van der Waals surface area contributed by atoms with Crippen LogP contribution in [0, 0.1) is 11.3 Å². The number of hydrogen-bond donors (Lipinski definition) is 2. The summed E-state index contributed by atoms with van der Waals surface area (Å²) in [7, 11) is 2.12. The summed E-state index contributed by atoms with van der Waals surface area (Å²) in [6.45, 7) is 4.59. The smallest absolute Gasteiger partial charge is 0.288 e. The van der Waals surface area contributed by atoms with E-state index in [4.69, 9.17) is 15.0 Å². The molecule has 0 spiro atoms. The van der Waals surface area contributed by atoms with E-state index in [9.17, 15) is 10.1 Å². The van der Waals surface area contributed by atoms with Crippen molar-refractivity contribution in [2.75, 3.05) is 55.4 Å². The van der Waals surface area contributed by atoms with Crippen molar-refractivity contribution in [2.24, 2.45) is 0 Å². The lowest BCUT2D eigenvalue weighted by atomic mass is 9.97. The van der Waals surface area contributed by atoms with Gasteiger partial charge in [0.2, 0.25) is 5.88 Å². The highest BCUT2D eigenvalue weighted by Crippen LogP contribution is 2.38. The van der Waals surface area contributed by atoms with Crippen LogP contribution in [-0.2, 0) is 13.0 Å². The normalized spacial score (nSPS) is 24.8. The first kappa shape index (κ1) is 24.4. The van der Waals surface area contributed by atoms with Gasteiger partial charge in [-0.25, -0.2) is 0 Å². The molecule has 7 rings (SSSR count). The Morgan fingerprint density at radius 2 is 1.95 bits per heavy atom. The molecule has 3 saturated heterocycles. The second kappa shape index (κ2) is 9.50. The first-order chi connectivity index (χ1) is 19.0. The van der Waals surface area contributed by atoms with E-state index in [0.29, 0.717) is 47.8 Å². The van der Waals surface area contributed by atoms with Crippen LogP contribution in [-0.4, -0.2) is 67.6 Å². The molecule has 4 aliphatic rings. The molecule has 2 aromatic heterocycles. The van der Waals surface area contributed by atoms with Crippen LogP contribution < -0.4 is 31.2 Å². The number of nitrogens with two attached hydrogens (primary N) is 1. The Morgan fingerprint density at radius 1 is 1.13 bits per heavy atom. The van der Waals surface area contributed by atoms with Crippen LogP contribution in [0.4, 0.5) is 17.3 Å². The molecule has 3 aromatic rings. The standard InChI is InChI=1S/C29H35N7O3/c1-33-10-3-4-20(33)17-38-36-16-25(35-13-18-7-8-19(14-35)32-18)21-9-11-34(15-23(21)29(36)37)24-5-2-6-26-27(24)22(12-30)28(31)39-26/h2,5-6,16,18-20,32H,3-4,7-11,13-15,17,31H2,1H3/t18?,19?,20-/m0/s1. The van der Waals surface area contributed by atoms with Crippen molar-refractivity contribution in [3.63, 3.8) is 0 Å². The minimum Gasteiger partial charge on any atom is -0.439 e. The topological polar surface area (TPSA) is 116 Å². The molecule has 10 heteroatoms. The van der Waals surface area contributed by atoms with Crippen LogP contribution in [0.3, 0.4) is 0 Å². The second-order valence-electron chi connectivity index (χ2n) is 11.5. The Hall–Kier alpha value is -3.68. The second-order valence-corrected chi connectivity index (χ2v) is 11.5. The Bertz CT molecular complexity index is 1510. The average Bonchev–Trinajstić information content (AvgIpc) is 3.62. The minimum atomic E-state index is -0.100. The number of pyridine rings is 1. The Morgan fingerprint density at radius 3 is 2.69 bits per heavy atom. The van der Waals surface area contributed by atoms with Crippen molar-refractivity contribution in [3.8, 4) is 6.07 Å². The van der Waals surface area contributed by atoms with E-state index < -0.39 is 0 Å². The predicted molar refractivity (Wildman–Crippen MR) is 150 cm³/mol. The van der Waals surface area contributed by atoms with Gasteiger partial charge < -0.3 is 30.1 Å². The monoisotopic (exact) mass is 529 g/mol. The zero-order chi connectivity index (χ0) is 26.7. The van der Waals surface area contributed by atoms with Gasteiger partial charge in [0.1, 0.15) is 23.8 Å². The highest BCUT2D eigenvalue weighted by Gasteiger charge is 2.35. The van der Waals surface area contributed by atoms with Crippen molar-refractivity contribution in [1.82, 2.24) is 14.9 Å². The molecule has 6 heterocycles. The van der Waals surface area contributed by atoms with Gasteiger partial charge in [-0.1, -0.05) is 6.07 Å². The van der Waals surface area contributed by atoms with Gasteiger partial charge >= 0.3 is 0 Å². The predicted octanol–water partition coefficient (Wildman–Crippen LogP) is 2.07. The summed E-state index contributed by atoms with van der Waals surface area (Å²) >= 11 is 0. The van der Waals surface area contributed by atoms with Gasteiger partial charge in [-0.2, -0.15) is 9.99 Å². The van der Waals surface area contributed by atoms with E-state index in [1.54, 1.807) is 0 Å². The van der Waals surface area contributed by atoms with Gasteiger partial charge in [0.25, 0.3) is 5.56 Å². The number of fused-ring (bicyclic) bond motifs is 4. The largest absolute Gasteiger partial charge is 0.439 e. The van der Waals surface area contributed by atoms with Crippen LogP contribution in [0.25, 0.3) is 11.0 Å². The number of nitrogen functional groups attached to an aromatic ring is 1. The summed E-state index contributed by atoms with van der Waals surface area (Å²) < 4.78 is 7.16. The van der Waals surface area contributed by atoms with Crippen LogP contribution >= 0.6 is 0 Å². The molecule has 0 radical (unpaired) electrons. The quantitative estimate of drug-likeness (QED) is 0.512. The third-order valence-corrected chi connectivity index (χ3v) is 9.16. The fourth-order valence-electron chi connectivity index (χ4n) is 7.07. The number of piperazine rings is 1. The zero-order valence-electron chi connectivity index (χ0n) is 22.4. The lowest BCUT2D eigenvalue weighted by Gasteiger charge is -2.38. The summed E-state index contributed by atoms with van der Waals surface area (Å²) in [5.41, 5.74) is 10.7. The molecule has 4 aliphatic heterocycles. The number of hydrogen-bond acceptors (Lipinski definition) is 9. The van der Waals surface area contributed by atoms with Gasteiger partial charge in [0, 0.05) is 55.6 Å². The lowest BCUT2D eigenvalue weighted by molar-refractivity contribution is 0.0625. The number of nitrogens with one attached hydrogen (secondary N) is 1. The molecule has 10 nitrogen and oxygen atoms in total. The molecular weight excluding hydrogens is 494 g/mol. The van der Waals surface area contributed by atoms with Gasteiger partial charge in [-0.05, 0) is 63.4 Å². The van der Waals surface area contributed by atoms with E-state index in [1.807, 2.05) is 24.4 Å². The van der Waals surface area contributed by atoms with E-state index in [0.717, 1.165) is 67.9 Å². The molecule has 2 unspecified atom stereocenters. The highest BCUT2D eigenvalue weighted by atomic mass is 16.7. The molecule has 3 atom stereocenters. The number of nitrogens with zero attached hydrogens (tertiary/aromatic N) is 5. The lowest BCUT2D eigenvalue weighted by Crippen LogP contribution is -2.52. The van der Waals surface area contributed by atoms with E-state index in [-0.39, 0.29) is 11.4 Å². The molecule has 2 bridgehead atoms. The van der Waals surface area contributed by atoms with E-state index >= 15 is 0 Å². The molecule has 3 N–H and O–H groups in total. The third-order valence-electron chi connectivity index (χ3n) is 9.16. The number of furan rings is 1. The van der Waals surface area contributed by atoms with Crippen LogP contribution in [0.1, 0.15) is 42.4 Å². The highest BCUT2D eigenvalue weighted by molar-refractivity contribution is 5.99. The van der Waals surface area contributed by atoms with Crippen LogP contribution in [0.15, 0.2) is 33.6 Å². The van der Waals surface area contributed by atoms with Gasteiger partial charge in [-0.3, -0.25) is 9.69 Å².